The Labute approximate surface area is 130 Å². The second-order valence-corrected chi connectivity index (χ2v) is 4.88. The maximum atomic E-state index is 12.2. The molecule has 0 aromatic heterocycles. The van der Waals surface area contributed by atoms with Crippen molar-refractivity contribution >= 4 is 17.5 Å². The topological polar surface area (TPSA) is 67.9 Å². The molecule has 126 valence electrons. The first kappa shape index (κ1) is 17.1. The molecule has 0 radical (unpaired) electrons. The highest BCUT2D eigenvalue weighted by molar-refractivity contribution is 6.01. The van der Waals surface area contributed by atoms with Crippen molar-refractivity contribution in [2.75, 3.05) is 25.2 Å². The number of hydrogen-bond acceptors (Lipinski definition) is 4. The Morgan fingerprint density at radius 3 is 2.83 bits per heavy atom. The molecular weight excluding hydrogens is 317 g/mol. The van der Waals surface area contributed by atoms with Gasteiger partial charge >= 0.3 is 6.36 Å². The van der Waals surface area contributed by atoms with E-state index in [-0.39, 0.29) is 18.8 Å². The van der Waals surface area contributed by atoms with Gasteiger partial charge in [-0.3, -0.25) is 9.59 Å². The van der Waals surface area contributed by atoms with Crippen molar-refractivity contribution < 1.29 is 32.2 Å². The number of nitrogens with one attached hydrogen (secondary N) is 1. The highest BCUT2D eigenvalue weighted by Crippen LogP contribution is 2.29. The maximum absolute atomic E-state index is 12.2. The van der Waals surface area contributed by atoms with Gasteiger partial charge in [0.1, 0.15) is 18.4 Å². The summed E-state index contributed by atoms with van der Waals surface area (Å²) >= 11 is 0. The van der Waals surface area contributed by atoms with Crippen molar-refractivity contribution in [3.05, 3.63) is 24.3 Å². The van der Waals surface area contributed by atoms with Crippen molar-refractivity contribution in [3.63, 3.8) is 0 Å². The molecule has 0 saturated carbocycles. The molecule has 1 heterocycles. The third-order valence-corrected chi connectivity index (χ3v) is 3.18. The van der Waals surface area contributed by atoms with E-state index < -0.39 is 30.0 Å². The molecule has 1 aromatic rings. The molecule has 1 atom stereocenters. The molecule has 1 saturated heterocycles. The summed E-state index contributed by atoms with van der Waals surface area (Å²) in [6, 6.07) is 4.42. The van der Waals surface area contributed by atoms with Crippen LogP contribution in [-0.2, 0) is 14.3 Å². The fourth-order valence-corrected chi connectivity index (χ4v) is 2.29. The van der Waals surface area contributed by atoms with Crippen molar-refractivity contribution in [1.29, 1.82) is 0 Å². The van der Waals surface area contributed by atoms with Crippen LogP contribution < -0.4 is 15.0 Å². The molecule has 0 spiro atoms. The van der Waals surface area contributed by atoms with Crippen LogP contribution >= 0.6 is 0 Å². The first-order valence-electron chi connectivity index (χ1n) is 6.75. The lowest BCUT2D eigenvalue weighted by Crippen LogP contribution is -2.42. The molecule has 23 heavy (non-hydrogen) atoms. The van der Waals surface area contributed by atoms with Gasteiger partial charge in [0, 0.05) is 25.4 Å². The van der Waals surface area contributed by atoms with Gasteiger partial charge in [0.2, 0.25) is 11.8 Å². The Morgan fingerprint density at radius 2 is 2.17 bits per heavy atom. The monoisotopic (exact) mass is 332 g/mol. The van der Waals surface area contributed by atoms with Gasteiger partial charge in [0.15, 0.2) is 0 Å². The van der Waals surface area contributed by atoms with E-state index >= 15 is 0 Å². The predicted molar refractivity (Wildman–Crippen MR) is 73.9 cm³/mol. The van der Waals surface area contributed by atoms with E-state index in [4.69, 9.17) is 0 Å². The van der Waals surface area contributed by atoms with Crippen LogP contribution in [0.25, 0.3) is 0 Å². The van der Waals surface area contributed by atoms with Gasteiger partial charge in [-0.2, -0.15) is 0 Å². The minimum atomic E-state index is -4.80. The molecule has 0 aliphatic carbocycles. The Balaban J connectivity index is 2.07. The quantitative estimate of drug-likeness (QED) is 0.886. The van der Waals surface area contributed by atoms with Gasteiger partial charge in [-0.25, -0.2) is 0 Å². The van der Waals surface area contributed by atoms with E-state index in [1.165, 1.54) is 24.1 Å². The summed E-state index contributed by atoms with van der Waals surface area (Å²) in [7, 11) is 1.36. The molecule has 1 N–H and O–H groups in total. The molecule has 2 rings (SSSR count). The summed E-state index contributed by atoms with van der Waals surface area (Å²) in [4.78, 5) is 25.0. The van der Waals surface area contributed by atoms with Gasteiger partial charge in [0.05, 0.1) is 0 Å². The van der Waals surface area contributed by atoms with E-state index in [9.17, 15) is 22.8 Å². The molecule has 6 nitrogen and oxygen atoms in total. The number of amides is 2. The number of hydrogen-bond donors (Lipinski definition) is 1. The lowest BCUT2D eigenvalue weighted by Gasteiger charge is -2.18. The Bertz CT molecular complexity index is 592. The maximum Gasteiger partial charge on any atom is 0.573 e. The van der Waals surface area contributed by atoms with Gasteiger partial charge in [-0.1, -0.05) is 6.07 Å². The second kappa shape index (κ2) is 6.86. The molecule has 0 unspecified atom stereocenters. The SMILES string of the molecule is COCC(=O)N[C@H]1CCN(c2cccc(OC(F)(F)F)c2)C1=O. The van der Waals surface area contributed by atoms with Crippen LogP contribution in [0, 0.1) is 0 Å². The number of halogens is 3. The number of benzene rings is 1. The van der Waals surface area contributed by atoms with Gasteiger partial charge in [0.25, 0.3) is 0 Å². The van der Waals surface area contributed by atoms with Crippen molar-refractivity contribution in [2.24, 2.45) is 0 Å². The number of rotatable bonds is 5. The molecule has 1 aromatic carbocycles. The number of nitrogens with zero attached hydrogens (tertiary/aromatic N) is 1. The second-order valence-electron chi connectivity index (χ2n) is 4.88. The summed E-state index contributed by atoms with van der Waals surface area (Å²) in [6.07, 6.45) is -4.44. The number of alkyl halides is 3. The average Bonchev–Trinajstić information content (AvgIpc) is 2.79. The summed E-state index contributed by atoms with van der Waals surface area (Å²) in [5, 5.41) is 2.52. The molecule has 9 heteroatoms. The zero-order valence-corrected chi connectivity index (χ0v) is 12.2. The number of anilines is 1. The van der Waals surface area contributed by atoms with E-state index in [0.717, 1.165) is 12.1 Å². The van der Waals surface area contributed by atoms with Crippen LogP contribution in [0.5, 0.6) is 5.75 Å². The summed E-state index contributed by atoms with van der Waals surface area (Å²) < 4.78 is 45.2. The predicted octanol–water partition coefficient (Wildman–Crippen LogP) is 1.45. The molecular formula is C14H15F3N2O4. The van der Waals surface area contributed by atoms with E-state index in [2.05, 4.69) is 14.8 Å². The Morgan fingerprint density at radius 1 is 1.43 bits per heavy atom. The van der Waals surface area contributed by atoms with Crippen LogP contribution in [0.15, 0.2) is 24.3 Å². The smallest absolute Gasteiger partial charge is 0.406 e. The number of carbonyl (C=O) groups excluding carboxylic acids is 2. The van der Waals surface area contributed by atoms with Gasteiger partial charge in [-0.15, -0.1) is 13.2 Å². The largest absolute Gasteiger partial charge is 0.573 e. The number of methoxy groups -OCH3 is 1. The lowest BCUT2D eigenvalue weighted by atomic mass is 10.2. The third kappa shape index (κ3) is 4.59. The van der Waals surface area contributed by atoms with Crippen molar-refractivity contribution in [1.82, 2.24) is 5.32 Å². The van der Waals surface area contributed by atoms with Gasteiger partial charge in [-0.05, 0) is 18.6 Å². The fraction of sp³-hybridized carbons (Fsp3) is 0.429. The minimum Gasteiger partial charge on any atom is -0.406 e. The van der Waals surface area contributed by atoms with Crippen molar-refractivity contribution in [2.45, 2.75) is 18.8 Å². The number of ether oxygens (including phenoxy) is 2. The molecule has 1 aliphatic heterocycles. The number of carbonyl (C=O) groups is 2. The van der Waals surface area contributed by atoms with E-state index in [1.54, 1.807) is 0 Å². The first-order chi connectivity index (χ1) is 10.8. The zero-order chi connectivity index (χ0) is 17.0. The van der Waals surface area contributed by atoms with Crippen LogP contribution in [0.2, 0.25) is 0 Å². The van der Waals surface area contributed by atoms with E-state index in [1.807, 2.05) is 0 Å². The highest BCUT2D eigenvalue weighted by atomic mass is 19.4. The summed E-state index contributed by atoms with van der Waals surface area (Å²) in [5.74, 6) is -1.23. The van der Waals surface area contributed by atoms with E-state index in [0.29, 0.717) is 6.42 Å². The summed E-state index contributed by atoms with van der Waals surface area (Å²) in [6.45, 7) is 0.116. The molecule has 1 fully saturated rings. The standard InChI is InChI=1S/C14H15F3N2O4/c1-22-8-12(20)18-11-5-6-19(13(11)21)9-3-2-4-10(7-9)23-14(15,16)17/h2-4,7,11H,5-6,8H2,1H3,(H,18,20)/t11-/m0/s1. The van der Waals surface area contributed by atoms with Crippen LogP contribution in [-0.4, -0.2) is 44.5 Å². The van der Waals surface area contributed by atoms with Crippen LogP contribution in [0.3, 0.4) is 0 Å². The lowest BCUT2D eigenvalue weighted by molar-refractivity contribution is -0.274. The zero-order valence-electron chi connectivity index (χ0n) is 12.2. The Hall–Kier alpha value is -2.29. The molecule has 0 bridgehead atoms. The first-order valence-corrected chi connectivity index (χ1v) is 6.75. The van der Waals surface area contributed by atoms with Gasteiger partial charge < -0.3 is 19.7 Å². The fourth-order valence-electron chi connectivity index (χ4n) is 2.29. The highest BCUT2D eigenvalue weighted by Gasteiger charge is 2.35. The third-order valence-electron chi connectivity index (χ3n) is 3.18. The Kier molecular flexibility index (Phi) is 5.09. The molecule has 1 aliphatic rings. The van der Waals surface area contributed by atoms with Crippen molar-refractivity contribution in [3.8, 4) is 5.75 Å². The average molecular weight is 332 g/mol. The molecule has 2 amide bonds. The van der Waals surface area contributed by atoms with Crippen LogP contribution in [0.1, 0.15) is 6.42 Å². The minimum absolute atomic E-state index is 0.168. The summed E-state index contributed by atoms with van der Waals surface area (Å²) in [5.41, 5.74) is 0.278. The normalized spacial score (nSPS) is 18.2. The van der Waals surface area contributed by atoms with Crippen LogP contribution in [0.4, 0.5) is 18.9 Å².